The van der Waals surface area contributed by atoms with Crippen molar-refractivity contribution in [1.82, 2.24) is 9.55 Å². The Morgan fingerprint density at radius 2 is 1.48 bits per heavy atom. The summed E-state index contributed by atoms with van der Waals surface area (Å²) in [6, 6.07) is 0. The van der Waals surface area contributed by atoms with Gasteiger partial charge in [0.2, 0.25) is 0 Å². The summed E-state index contributed by atoms with van der Waals surface area (Å²) >= 11 is 1.92. The molecule has 0 spiro atoms. The molecule has 0 N–H and O–H groups in total. The van der Waals surface area contributed by atoms with Gasteiger partial charge in [-0.1, -0.05) is 83.4 Å². The van der Waals surface area contributed by atoms with Gasteiger partial charge in [-0.25, -0.2) is 4.98 Å². The minimum atomic E-state index is 1.10. The summed E-state index contributed by atoms with van der Waals surface area (Å²) in [6.07, 6.45) is 19.3. The second-order valence-corrected chi connectivity index (χ2v) is 7.00. The predicted octanol–water partition coefficient (Wildman–Crippen LogP) is 6.31. The molecule has 0 aliphatic rings. The van der Waals surface area contributed by atoms with E-state index in [9.17, 15) is 0 Å². The number of imidazole rings is 1. The Hall–Kier alpha value is -0.440. The van der Waals surface area contributed by atoms with Crippen LogP contribution < -0.4 is 0 Å². The largest absolute Gasteiger partial charge is 0.326 e. The zero-order valence-corrected chi connectivity index (χ0v) is 15.0. The van der Waals surface area contributed by atoms with Crippen molar-refractivity contribution in [3.8, 4) is 0 Å². The fourth-order valence-corrected chi connectivity index (χ4v) is 3.58. The van der Waals surface area contributed by atoms with E-state index in [1.54, 1.807) is 0 Å². The summed E-state index contributed by atoms with van der Waals surface area (Å²) in [7, 11) is 0. The molecule has 0 amide bonds. The SMILES string of the molecule is CCCCCCCCCCCCSc1nccn1CCC. The van der Waals surface area contributed by atoms with E-state index in [-0.39, 0.29) is 0 Å². The van der Waals surface area contributed by atoms with Gasteiger partial charge in [-0.2, -0.15) is 0 Å². The molecule has 1 aromatic rings. The summed E-state index contributed by atoms with van der Waals surface area (Å²) in [5.74, 6) is 1.22. The highest BCUT2D eigenvalue weighted by Crippen LogP contribution is 2.19. The maximum atomic E-state index is 4.44. The topological polar surface area (TPSA) is 17.8 Å². The fourth-order valence-electron chi connectivity index (χ4n) is 2.60. The summed E-state index contributed by atoms with van der Waals surface area (Å²) in [6.45, 7) is 5.60. The minimum Gasteiger partial charge on any atom is -0.326 e. The summed E-state index contributed by atoms with van der Waals surface area (Å²) in [5, 5.41) is 1.20. The molecule has 0 unspecified atom stereocenters. The van der Waals surface area contributed by atoms with Crippen molar-refractivity contribution in [2.45, 2.75) is 96.2 Å². The highest BCUT2D eigenvalue weighted by molar-refractivity contribution is 7.99. The molecule has 122 valence electrons. The van der Waals surface area contributed by atoms with Crippen LogP contribution in [0.1, 0.15) is 84.5 Å². The molecule has 0 aliphatic carbocycles. The molecule has 3 heteroatoms. The van der Waals surface area contributed by atoms with Crippen molar-refractivity contribution in [3.05, 3.63) is 12.4 Å². The van der Waals surface area contributed by atoms with Crippen LogP contribution in [-0.4, -0.2) is 15.3 Å². The Bertz CT molecular complexity index is 336. The Kier molecular flexibility index (Phi) is 11.7. The molecule has 0 radical (unpaired) electrons. The van der Waals surface area contributed by atoms with E-state index in [4.69, 9.17) is 0 Å². The molecule has 0 fully saturated rings. The lowest BCUT2D eigenvalue weighted by molar-refractivity contribution is 0.563. The first-order valence-corrected chi connectivity index (χ1v) is 10.0. The monoisotopic (exact) mass is 310 g/mol. The van der Waals surface area contributed by atoms with Crippen molar-refractivity contribution in [2.24, 2.45) is 0 Å². The van der Waals surface area contributed by atoms with Crippen molar-refractivity contribution in [2.75, 3.05) is 5.75 Å². The van der Waals surface area contributed by atoms with Crippen LogP contribution in [0.5, 0.6) is 0 Å². The van der Waals surface area contributed by atoms with Crippen molar-refractivity contribution >= 4 is 11.8 Å². The van der Waals surface area contributed by atoms with Gasteiger partial charge >= 0.3 is 0 Å². The third-order valence-electron chi connectivity index (χ3n) is 3.87. The predicted molar refractivity (Wildman–Crippen MR) is 95.1 cm³/mol. The van der Waals surface area contributed by atoms with E-state index in [1.807, 2.05) is 18.0 Å². The lowest BCUT2D eigenvalue weighted by Crippen LogP contribution is -1.97. The van der Waals surface area contributed by atoms with Crippen LogP contribution in [0.4, 0.5) is 0 Å². The van der Waals surface area contributed by atoms with E-state index in [1.165, 1.54) is 81.5 Å². The number of hydrogen-bond acceptors (Lipinski definition) is 2. The van der Waals surface area contributed by atoms with Crippen molar-refractivity contribution in [3.63, 3.8) is 0 Å². The molecule has 1 heterocycles. The molecule has 0 aromatic carbocycles. The van der Waals surface area contributed by atoms with Gasteiger partial charge in [-0.15, -0.1) is 0 Å². The van der Waals surface area contributed by atoms with Crippen molar-refractivity contribution < 1.29 is 0 Å². The first kappa shape index (κ1) is 18.6. The number of thioether (sulfide) groups is 1. The number of rotatable bonds is 14. The molecule has 0 aliphatic heterocycles. The standard InChI is InChI=1S/C18H34N2S/c1-3-5-6-7-8-9-10-11-12-13-17-21-18-19-14-16-20(18)15-4-2/h14,16H,3-13,15,17H2,1-2H3. The van der Waals surface area contributed by atoms with E-state index in [2.05, 4.69) is 29.6 Å². The first-order valence-electron chi connectivity index (χ1n) is 9.02. The number of aryl methyl sites for hydroxylation is 1. The highest BCUT2D eigenvalue weighted by atomic mass is 32.2. The zero-order valence-electron chi connectivity index (χ0n) is 14.1. The summed E-state index contributed by atoms with van der Waals surface area (Å²) < 4.78 is 2.28. The second kappa shape index (κ2) is 13.2. The summed E-state index contributed by atoms with van der Waals surface area (Å²) in [5.41, 5.74) is 0. The molecule has 21 heavy (non-hydrogen) atoms. The van der Waals surface area contributed by atoms with Crippen LogP contribution in [0.2, 0.25) is 0 Å². The molecule has 1 aromatic heterocycles. The lowest BCUT2D eigenvalue weighted by Gasteiger charge is -2.05. The van der Waals surface area contributed by atoms with Gasteiger partial charge in [0.25, 0.3) is 0 Å². The molecule has 0 bridgehead atoms. The maximum Gasteiger partial charge on any atom is 0.167 e. The Morgan fingerprint density at radius 3 is 2.10 bits per heavy atom. The molecule has 1 rings (SSSR count). The molecule has 0 saturated heterocycles. The third-order valence-corrected chi connectivity index (χ3v) is 4.96. The molecular formula is C18H34N2S. The normalized spacial score (nSPS) is 11.1. The number of nitrogens with zero attached hydrogens (tertiary/aromatic N) is 2. The Morgan fingerprint density at radius 1 is 0.857 bits per heavy atom. The average Bonchev–Trinajstić information content (AvgIpc) is 2.92. The number of unbranched alkanes of at least 4 members (excludes halogenated alkanes) is 9. The summed E-state index contributed by atoms with van der Waals surface area (Å²) in [4.78, 5) is 4.44. The van der Waals surface area contributed by atoms with Crippen LogP contribution in [0.15, 0.2) is 17.6 Å². The first-order chi connectivity index (χ1) is 10.4. The van der Waals surface area contributed by atoms with Gasteiger partial charge in [-0.05, 0) is 12.8 Å². The third kappa shape index (κ3) is 9.23. The van der Waals surface area contributed by atoms with Crippen LogP contribution >= 0.6 is 11.8 Å². The average molecular weight is 311 g/mol. The van der Waals surface area contributed by atoms with E-state index >= 15 is 0 Å². The maximum absolute atomic E-state index is 4.44. The quantitative estimate of drug-likeness (QED) is 0.296. The molecular weight excluding hydrogens is 276 g/mol. The van der Waals surface area contributed by atoms with Crippen LogP contribution in [0, 0.1) is 0 Å². The fraction of sp³-hybridized carbons (Fsp3) is 0.833. The smallest absolute Gasteiger partial charge is 0.167 e. The van der Waals surface area contributed by atoms with Crippen LogP contribution in [0.25, 0.3) is 0 Å². The minimum absolute atomic E-state index is 1.10. The Labute approximate surface area is 136 Å². The van der Waals surface area contributed by atoms with E-state index in [0.717, 1.165) is 6.54 Å². The molecule has 2 nitrogen and oxygen atoms in total. The van der Waals surface area contributed by atoms with Gasteiger partial charge in [-0.3, -0.25) is 0 Å². The van der Waals surface area contributed by atoms with Gasteiger partial charge in [0, 0.05) is 24.7 Å². The Balaban J connectivity index is 1.89. The molecule has 0 saturated carbocycles. The van der Waals surface area contributed by atoms with Gasteiger partial charge < -0.3 is 4.57 Å². The van der Waals surface area contributed by atoms with Gasteiger partial charge in [0.15, 0.2) is 5.16 Å². The van der Waals surface area contributed by atoms with E-state index in [0.29, 0.717) is 0 Å². The lowest BCUT2D eigenvalue weighted by atomic mass is 10.1. The van der Waals surface area contributed by atoms with Crippen LogP contribution in [-0.2, 0) is 6.54 Å². The van der Waals surface area contributed by atoms with Crippen molar-refractivity contribution in [1.29, 1.82) is 0 Å². The van der Waals surface area contributed by atoms with E-state index < -0.39 is 0 Å². The van der Waals surface area contributed by atoms with Gasteiger partial charge in [0.1, 0.15) is 0 Å². The second-order valence-electron chi connectivity index (χ2n) is 5.93. The van der Waals surface area contributed by atoms with Crippen LogP contribution in [0.3, 0.4) is 0 Å². The highest BCUT2D eigenvalue weighted by Gasteiger charge is 2.02. The zero-order chi connectivity index (χ0) is 15.2. The number of hydrogen-bond donors (Lipinski definition) is 0. The number of aromatic nitrogens is 2. The van der Waals surface area contributed by atoms with Gasteiger partial charge in [0.05, 0.1) is 0 Å². The molecule has 0 atom stereocenters.